The van der Waals surface area contributed by atoms with E-state index >= 15 is 0 Å². The van der Waals surface area contributed by atoms with E-state index in [0.717, 1.165) is 0 Å². The first-order valence-corrected chi connectivity index (χ1v) is 6.24. The second-order valence-electron chi connectivity index (χ2n) is 4.58. The molecule has 0 aliphatic heterocycles. The van der Waals surface area contributed by atoms with Gasteiger partial charge in [-0.2, -0.15) is 0 Å². The molecule has 0 atom stereocenters. The molecule has 6 heteroatoms. The lowest BCUT2D eigenvalue weighted by Crippen LogP contribution is -2.08. The lowest BCUT2D eigenvalue weighted by Gasteiger charge is -2.12. The number of ether oxygens (including phenoxy) is 1. The largest absolute Gasteiger partial charge is 0.494 e. The molecular weight excluding hydrogens is 275 g/mol. The first kappa shape index (κ1) is 14.8. The van der Waals surface area contributed by atoms with Gasteiger partial charge in [0, 0.05) is 17.4 Å². The van der Waals surface area contributed by atoms with E-state index in [0.29, 0.717) is 16.9 Å². The van der Waals surface area contributed by atoms with Crippen LogP contribution in [0.25, 0.3) is 0 Å². The van der Waals surface area contributed by atoms with Crippen LogP contribution in [-0.4, -0.2) is 23.2 Å². The second kappa shape index (κ2) is 5.78. The van der Waals surface area contributed by atoms with Crippen molar-refractivity contribution in [2.75, 3.05) is 12.4 Å². The standard InChI is InChI=1S/C15H15FN2O3/c1-8-6-9(2)17-14(13(8)15(19)20)18-10-4-5-12(21-3)11(16)7-10/h4-7H,1-3H3,(H,17,18)(H,19,20). The van der Waals surface area contributed by atoms with E-state index in [2.05, 4.69) is 10.3 Å². The number of aryl methyl sites for hydroxylation is 2. The van der Waals surface area contributed by atoms with Crippen LogP contribution in [0.4, 0.5) is 15.9 Å². The molecule has 0 amide bonds. The van der Waals surface area contributed by atoms with E-state index in [1.165, 1.54) is 19.2 Å². The highest BCUT2D eigenvalue weighted by Gasteiger charge is 2.16. The Labute approximate surface area is 121 Å². The zero-order valence-corrected chi connectivity index (χ0v) is 11.9. The van der Waals surface area contributed by atoms with Crippen molar-refractivity contribution in [2.24, 2.45) is 0 Å². The Hall–Kier alpha value is -2.63. The fraction of sp³-hybridized carbons (Fsp3) is 0.200. The number of carboxylic acids is 1. The van der Waals surface area contributed by atoms with Gasteiger partial charge in [-0.1, -0.05) is 0 Å². The number of nitrogens with zero attached hydrogens (tertiary/aromatic N) is 1. The molecule has 21 heavy (non-hydrogen) atoms. The lowest BCUT2D eigenvalue weighted by atomic mass is 10.1. The Kier molecular flexibility index (Phi) is 4.07. The molecule has 0 fully saturated rings. The second-order valence-corrected chi connectivity index (χ2v) is 4.58. The number of aromatic nitrogens is 1. The van der Waals surface area contributed by atoms with Crippen molar-refractivity contribution in [3.05, 3.63) is 46.9 Å². The third-order valence-corrected chi connectivity index (χ3v) is 2.97. The van der Waals surface area contributed by atoms with Crippen LogP contribution in [0.15, 0.2) is 24.3 Å². The van der Waals surface area contributed by atoms with Crippen LogP contribution in [0.2, 0.25) is 0 Å². The highest BCUT2D eigenvalue weighted by atomic mass is 19.1. The zero-order valence-electron chi connectivity index (χ0n) is 11.9. The molecule has 0 saturated carbocycles. The molecule has 110 valence electrons. The fourth-order valence-electron chi connectivity index (χ4n) is 2.08. The van der Waals surface area contributed by atoms with Crippen LogP contribution in [-0.2, 0) is 0 Å². The SMILES string of the molecule is COc1ccc(Nc2nc(C)cc(C)c2C(=O)O)cc1F. The van der Waals surface area contributed by atoms with E-state index in [1.807, 2.05) is 0 Å². The molecule has 1 aromatic heterocycles. The van der Waals surface area contributed by atoms with E-state index in [9.17, 15) is 14.3 Å². The van der Waals surface area contributed by atoms with Crippen molar-refractivity contribution in [2.45, 2.75) is 13.8 Å². The van der Waals surface area contributed by atoms with Crippen molar-refractivity contribution < 1.29 is 19.0 Å². The van der Waals surface area contributed by atoms with Crippen molar-refractivity contribution in [1.29, 1.82) is 0 Å². The average Bonchev–Trinajstić information content (AvgIpc) is 2.37. The number of nitrogens with one attached hydrogen (secondary N) is 1. The maximum Gasteiger partial charge on any atom is 0.339 e. The van der Waals surface area contributed by atoms with Gasteiger partial charge in [-0.3, -0.25) is 0 Å². The van der Waals surface area contributed by atoms with Gasteiger partial charge in [0.15, 0.2) is 11.6 Å². The topological polar surface area (TPSA) is 71.5 Å². The molecule has 0 aliphatic carbocycles. The number of carbonyl (C=O) groups is 1. The van der Waals surface area contributed by atoms with Gasteiger partial charge in [0.2, 0.25) is 0 Å². The third-order valence-electron chi connectivity index (χ3n) is 2.97. The summed E-state index contributed by atoms with van der Waals surface area (Å²) < 4.78 is 18.5. The first-order chi connectivity index (χ1) is 9.92. The summed E-state index contributed by atoms with van der Waals surface area (Å²) in [5, 5.41) is 12.1. The smallest absolute Gasteiger partial charge is 0.339 e. The number of benzene rings is 1. The molecule has 2 aromatic rings. The fourth-order valence-corrected chi connectivity index (χ4v) is 2.08. The summed E-state index contributed by atoms with van der Waals surface area (Å²) in [6, 6.07) is 5.96. The van der Waals surface area contributed by atoms with Crippen molar-refractivity contribution >= 4 is 17.5 Å². The Balaban J connectivity index is 2.44. The normalized spacial score (nSPS) is 10.3. The highest BCUT2D eigenvalue weighted by Crippen LogP contribution is 2.26. The summed E-state index contributed by atoms with van der Waals surface area (Å²) in [4.78, 5) is 15.5. The van der Waals surface area contributed by atoms with Crippen LogP contribution in [0.1, 0.15) is 21.6 Å². The van der Waals surface area contributed by atoms with Gasteiger partial charge >= 0.3 is 5.97 Å². The minimum atomic E-state index is -1.09. The quantitative estimate of drug-likeness (QED) is 0.904. The van der Waals surface area contributed by atoms with Gasteiger partial charge in [0.05, 0.1) is 7.11 Å². The van der Waals surface area contributed by atoms with Gasteiger partial charge in [0.1, 0.15) is 11.4 Å². The number of methoxy groups -OCH3 is 1. The van der Waals surface area contributed by atoms with Crippen LogP contribution in [0.5, 0.6) is 5.75 Å². The maximum atomic E-state index is 13.7. The van der Waals surface area contributed by atoms with Crippen LogP contribution < -0.4 is 10.1 Å². The maximum absolute atomic E-state index is 13.7. The summed E-state index contributed by atoms with van der Waals surface area (Å²) in [6.07, 6.45) is 0. The van der Waals surface area contributed by atoms with Crippen LogP contribution >= 0.6 is 0 Å². The van der Waals surface area contributed by atoms with Crippen molar-refractivity contribution in [3.63, 3.8) is 0 Å². The van der Waals surface area contributed by atoms with E-state index in [-0.39, 0.29) is 17.1 Å². The number of rotatable bonds is 4. The van der Waals surface area contributed by atoms with Gasteiger partial charge in [-0.25, -0.2) is 14.2 Å². The molecule has 0 bridgehead atoms. The Morgan fingerprint density at radius 2 is 2.05 bits per heavy atom. The summed E-state index contributed by atoms with van der Waals surface area (Å²) in [5.41, 5.74) is 1.73. The van der Waals surface area contributed by atoms with E-state index in [1.54, 1.807) is 26.0 Å². The lowest BCUT2D eigenvalue weighted by molar-refractivity contribution is 0.0697. The Morgan fingerprint density at radius 3 is 2.62 bits per heavy atom. The number of anilines is 2. The molecule has 2 N–H and O–H groups in total. The number of pyridine rings is 1. The van der Waals surface area contributed by atoms with Gasteiger partial charge in [-0.05, 0) is 37.6 Å². The van der Waals surface area contributed by atoms with Gasteiger partial charge < -0.3 is 15.2 Å². The molecule has 1 heterocycles. The van der Waals surface area contributed by atoms with E-state index in [4.69, 9.17) is 4.74 Å². The van der Waals surface area contributed by atoms with E-state index < -0.39 is 11.8 Å². The molecule has 0 saturated heterocycles. The summed E-state index contributed by atoms with van der Waals surface area (Å²) >= 11 is 0. The van der Waals surface area contributed by atoms with Crippen LogP contribution in [0.3, 0.4) is 0 Å². The summed E-state index contributed by atoms with van der Waals surface area (Å²) in [6.45, 7) is 3.45. The zero-order chi connectivity index (χ0) is 15.6. The third kappa shape index (κ3) is 3.10. The van der Waals surface area contributed by atoms with Gasteiger partial charge in [-0.15, -0.1) is 0 Å². The number of aromatic carboxylic acids is 1. The monoisotopic (exact) mass is 290 g/mol. The summed E-state index contributed by atoms with van der Waals surface area (Å²) in [7, 11) is 1.37. The molecule has 0 spiro atoms. The number of hydrogen-bond donors (Lipinski definition) is 2. The first-order valence-electron chi connectivity index (χ1n) is 6.24. The predicted octanol–water partition coefficient (Wildman–Crippen LogP) is 3.29. The van der Waals surface area contributed by atoms with Crippen molar-refractivity contribution in [1.82, 2.24) is 4.98 Å². The van der Waals surface area contributed by atoms with Crippen LogP contribution in [0, 0.1) is 19.7 Å². The molecule has 1 aromatic carbocycles. The molecule has 2 rings (SSSR count). The number of hydrogen-bond acceptors (Lipinski definition) is 4. The Bertz CT molecular complexity index is 702. The van der Waals surface area contributed by atoms with Crippen molar-refractivity contribution in [3.8, 4) is 5.75 Å². The highest BCUT2D eigenvalue weighted by molar-refractivity contribution is 5.95. The molecule has 0 aliphatic rings. The average molecular weight is 290 g/mol. The molecule has 0 radical (unpaired) electrons. The molecule has 0 unspecified atom stereocenters. The number of halogens is 1. The predicted molar refractivity (Wildman–Crippen MR) is 76.9 cm³/mol. The van der Waals surface area contributed by atoms with Gasteiger partial charge in [0.25, 0.3) is 0 Å². The Morgan fingerprint density at radius 1 is 1.33 bits per heavy atom. The minimum absolute atomic E-state index is 0.0665. The summed E-state index contributed by atoms with van der Waals surface area (Å²) in [5.74, 6) is -1.32. The molecular formula is C15H15FN2O3. The number of carboxylic acid groups (broad SMARTS) is 1. The minimum Gasteiger partial charge on any atom is -0.494 e. The molecule has 5 nitrogen and oxygen atoms in total.